The first-order valence-electron chi connectivity index (χ1n) is 5.53. The molecule has 0 spiro atoms. The van der Waals surface area contributed by atoms with E-state index < -0.39 is 5.92 Å². The third-order valence-corrected chi connectivity index (χ3v) is 2.68. The Kier molecular flexibility index (Phi) is 3.73. The monoisotopic (exact) mass is 230 g/mol. The van der Waals surface area contributed by atoms with Crippen LogP contribution in [-0.2, 0) is 6.42 Å². The molecular weight excluding hydrogens is 216 g/mol. The summed E-state index contributed by atoms with van der Waals surface area (Å²) in [6, 6.07) is 12.6. The molecule has 1 aromatic heterocycles. The maximum atomic E-state index is 12.1. The van der Waals surface area contributed by atoms with Gasteiger partial charge in [0.2, 0.25) is 0 Å². The average molecular weight is 230 g/mol. The minimum absolute atomic E-state index is 0.0514. The summed E-state index contributed by atoms with van der Waals surface area (Å²) in [5.41, 5.74) is 0.623. The van der Waals surface area contributed by atoms with Gasteiger partial charge in [-0.15, -0.1) is 0 Å². The van der Waals surface area contributed by atoms with E-state index in [1.54, 1.807) is 30.5 Å². The third kappa shape index (κ3) is 2.82. The highest BCUT2D eigenvalue weighted by molar-refractivity contribution is 5.98. The van der Waals surface area contributed by atoms with Crippen LogP contribution in [0.4, 0.5) is 0 Å². The minimum atomic E-state index is -0.441. The molecule has 0 bridgehead atoms. The molecule has 2 aromatic rings. The molecule has 1 unspecified atom stereocenters. The molecule has 0 aliphatic heterocycles. The number of ketones is 1. The highest BCUT2D eigenvalue weighted by Gasteiger charge is 2.20. The Balaban J connectivity index is 2.11. The van der Waals surface area contributed by atoms with Crippen LogP contribution >= 0.6 is 0 Å². The van der Waals surface area contributed by atoms with Crippen LogP contribution in [0.25, 0.3) is 0 Å². The van der Waals surface area contributed by atoms with Gasteiger partial charge in [0.15, 0.2) is 5.78 Å². The molecule has 17 heavy (non-hydrogen) atoms. The third-order valence-electron chi connectivity index (χ3n) is 2.68. The average Bonchev–Trinajstić information content (AvgIpc) is 2.89. The molecule has 0 saturated heterocycles. The van der Waals surface area contributed by atoms with Crippen molar-refractivity contribution in [1.82, 2.24) is 0 Å². The van der Waals surface area contributed by atoms with E-state index in [4.69, 9.17) is 4.42 Å². The number of Topliss-reactive ketones (excluding diaryl/α,β-unsaturated/α-hetero) is 1. The lowest BCUT2D eigenvalue weighted by Gasteiger charge is -2.11. The fourth-order valence-corrected chi connectivity index (χ4v) is 1.75. The van der Waals surface area contributed by atoms with E-state index in [-0.39, 0.29) is 12.4 Å². The molecule has 2 rings (SSSR count). The molecule has 0 radical (unpaired) electrons. The summed E-state index contributed by atoms with van der Waals surface area (Å²) in [6.45, 7) is -0.172. The number of hydrogen-bond donors (Lipinski definition) is 1. The van der Waals surface area contributed by atoms with Crippen molar-refractivity contribution >= 4 is 5.78 Å². The van der Waals surface area contributed by atoms with Crippen LogP contribution in [0.3, 0.4) is 0 Å². The van der Waals surface area contributed by atoms with Gasteiger partial charge in [-0.1, -0.05) is 30.3 Å². The van der Waals surface area contributed by atoms with Gasteiger partial charge in [-0.2, -0.15) is 0 Å². The van der Waals surface area contributed by atoms with Gasteiger partial charge in [0.25, 0.3) is 0 Å². The number of hydrogen-bond acceptors (Lipinski definition) is 3. The maximum absolute atomic E-state index is 12.1. The lowest BCUT2D eigenvalue weighted by molar-refractivity contribution is 0.0854. The number of furan rings is 1. The van der Waals surface area contributed by atoms with Gasteiger partial charge < -0.3 is 9.52 Å². The summed E-state index contributed by atoms with van der Waals surface area (Å²) < 4.78 is 5.19. The zero-order valence-electron chi connectivity index (χ0n) is 9.37. The first-order valence-corrected chi connectivity index (χ1v) is 5.53. The summed E-state index contributed by atoms with van der Waals surface area (Å²) >= 11 is 0. The Bertz CT molecular complexity index is 459. The van der Waals surface area contributed by atoms with E-state index in [0.717, 1.165) is 0 Å². The highest BCUT2D eigenvalue weighted by atomic mass is 16.3. The Morgan fingerprint density at radius 1 is 1.18 bits per heavy atom. The fraction of sp³-hybridized carbons (Fsp3) is 0.214. The van der Waals surface area contributed by atoms with E-state index in [2.05, 4.69) is 0 Å². The fourth-order valence-electron chi connectivity index (χ4n) is 1.75. The molecule has 88 valence electrons. The number of carbonyl (C=O) groups excluding carboxylic acids is 1. The number of rotatable bonds is 5. The standard InChI is InChI=1S/C14H14O3/c15-10-12(9-13-7-4-8-17-13)14(16)11-5-2-1-3-6-11/h1-8,12,15H,9-10H2. The summed E-state index contributed by atoms with van der Waals surface area (Å²) in [7, 11) is 0. The maximum Gasteiger partial charge on any atom is 0.168 e. The molecule has 0 saturated carbocycles. The predicted octanol–water partition coefficient (Wildman–Crippen LogP) is 2.31. The van der Waals surface area contributed by atoms with Crippen molar-refractivity contribution in [3.63, 3.8) is 0 Å². The van der Waals surface area contributed by atoms with Crippen LogP contribution in [0.5, 0.6) is 0 Å². The second-order valence-corrected chi connectivity index (χ2v) is 3.89. The van der Waals surface area contributed by atoms with Crippen molar-refractivity contribution in [2.45, 2.75) is 6.42 Å². The van der Waals surface area contributed by atoms with Crippen molar-refractivity contribution in [3.05, 3.63) is 60.1 Å². The van der Waals surface area contributed by atoms with Gasteiger partial charge in [-0.25, -0.2) is 0 Å². The van der Waals surface area contributed by atoms with Crippen LogP contribution in [0, 0.1) is 5.92 Å². The molecule has 0 aliphatic rings. The van der Waals surface area contributed by atoms with Crippen LogP contribution in [0.1, 0.15) is 16.1 Å². The first kappa shape index (κ1) is 11.6. The topological polar surface area (TPSA) is 50.4 Å². The molecule has 0 amide bonds. The van der Waals surface area contributed by atoms with Gasteiger partial charge in [0.1, 0.15) is 5.76 Å². The van der Waals surface area contributed by atoms with Crippen molar-refractivity contribution < 1.29 is 14.3 Å². The molecule has 1 N–H and O–H groups in total. The Morgan fingerprint density at radius 3 is 2.53 bits per heavy atom. The number of aliphatic hydroxyl groups is 1. The molecule has 0 fully saturated rings. The normalized spacial score (nSPS) is 12.3. The molecule has 3 heteroatoms. The molecule has 0 aliphatic carbocycles. The summed E-state index contributed by atoms with van der Waals surface area (Å²) in [5, 5.41) is 9.29. The number of benzene rings is 1. The molecular formula is C14H14O3. The lowest BCUT2D eigenvalue weighted by Crippen LogP contribution is -2.21. The van der Waals surface area contributed by atoms with Crippen LogP contribution in [0.15, 0.2) is 53.1 Å². The Hall–Kier alpha value is -1.87. The summed E-state index contributed by atoms with van der Waals surface area (Å²) in [6.07, 6.45) is 1.99. The minimum Gasteiger partial charge on any atom is -0.469 e. The van der Waals surface area contributed by atoms with Crippen molar-refractivity contribution in [1.29, 1.82) is 0 Å². The van der Waals surface area contributed by atoms with Gasteiger partial charge in [0.05, 0.1) is 18.8 Å². The second kappa shape index (κ2) is 5.46. The quantitative estimate of drug-likeness (QED) is 0.802. The van der Waals surface area contributed by atoms with E-state index in [9.17, 15) is 9.90 Å². The highest BCUT2D eigenvalue weighted by Crippen LogP contribution is 2.14. The van der Waals surface area contributed by atoms with Gasteiger partial charge in [-0.3, -0.25) is 4.79 Å². The number of carbonyl (C=O) groups is 1. The van der Waals surface area contributed by atoms with Crippen molar-refractivity contribution in [2.24, 2.45) is 5.92 Å². The largest absolute Gasteiger partial charge is 0.469 e. The number of aliphatic hydroxyl groups excluding tert-OH is 1. The molecule has 1 atom stereocenters. The van der Waals surface area contributed by atoms with Crippen LogP contribution < -0.4 is 0 Å². The first-order chi connectivity index (χ1) is 8.31. The molecule has 1 aromatic carbocycles. The van der Waals surface area contributed by atoms with Crippen LogP contribution in [-0.4, -0.2) is 17.5 Å². The van der Waals surface area contributed by atoms with E-state index in [1.807, 2.05) is 18.2 Å². The van der Waals surface area contributed by atoms with E-state index in [0.29, 0.717) is 17.7 Å². The molecule has 3 nitrogen and oxygen atoms in total. The lowest BCUT2D eigenvalue weighted by atomic mass is 9.94. The van der Waals surface area contributed by atoms with Gasteiger partial charge in [0, 0.05) is 12.0 Å². The Labute approximate surface area is 99.7 Å². The van der Waals surface area contributed by atoms with Crippen molar-refractivity contribution in [3.8, 4) is 0 Å². The van der Waals surface area contributed by atoms with Crippen molar-refractivity contribution in [2.75, 3.05) is 6.61 Å². The SMILES string of the molecule is O=C(c1ccccc1)C(CO)Cc1ccco1. The van der Waals surface area contributed by atoms with Gasteiger partial charge >= 0.3 is 0 Å². The summed E-state index contributed by atoms with van der Waals surface area (Å²) in [5.74, 6) is 0.224. The van der Waals surface area contributed by atoms with E-state index >= 15 is 0 Å². The molecule has 1 heterocycles. The zero-order valence-corrected chi connectivity index (χ0v) is 9.37. The van der Waals surface area contributed by atoms with Gasteiger partial charge in [-0.05, 0) is 12.1 Å². The van der Waals surface area contributed by atoms with E-state index in [1.165, 1.54) is 0 Å². The zero-order chi connectivity index (χ0) is 12.1. The predicted molar refractivity (Wildman–Crippen MR) is 63.8 cm³/mol. The smallest absolute Gasteiger partial charge is 0.168 e. The van der Waals surface area contributed by atoms with Crippen LogP contribution in [0.2, 0.25) is 0 Å². The Morgan fingerprint density at radius 2 is 1.94 bits per heavy atom. The summed E-state index contributed by atoms with van der Waals surface area (Å²) in [4.78, 5) is 12.1. The second-order valence-electron chi connectivity index (χ2n) is 3.89.